The Morgan fingerprint density at radius 3 is 1.83 bits per heavy atom. The topological polar surface area (TPSA) is 330 Å². The molecule has 0 aromatic heterocycles. The number of benzene rings is 1. The predicted octanol–water partition coefficient (Wildman–Crippen LogP) is -2.76. The monoisotopic (exact) mass is 905 g/mol. The molecule has 10 amide bonds. The van der Waals surface area contributed by atoms with Crippen LogP contribution in [0.3, 0.4) is 0 Å². The summed E-state index contributed by atoms with van der Waals surface area (Å²) < 4.78 is 25.3. The van der Waals surface area contributed by atoms with Gasteiger partial charge in [0.2, 0.25) is 41.4 Å². The van der Waals surface area contributed by atoms with Crippen LogP contribution in [-0.2, 0) is 73.4 Å². The molecule has 0 bridgehead atoms. The van der Waals surface area contributed by atoms with Crippen LogP contribution in [0, 0.1) is 0 Å². The summed E-state index contributed by atoms with van der Waals surface area (Å²) in [6, 6.07) is 1.00. The first-order valence-electron chi connectivity index (χ1n) is 20.3. The molecule has 24 heteroatoms. The minimum Gasteiger partial charge on any atom is -0.445 e. The van der Waals surface area contributed by atoms with Crippen molar-refractivity contribution in [3.8, 4) is 0 Å². The second-order valence-electron chi connectivity index (χ2n) is 14.1. The minimum atomic E-state index is -1.46. The third-order valence-electron chi connectivity index (χ3n) is 8.86. The van der Waals surface area contributed by atoms with E-state index in [1.807, 2.05) is 0 Å². The number of carbonyl (C=O) groups excluding carboxylic acids is 10. The number of amides is 10. The SMILES string of the molecule is COCCOCC(=O)NCCCCC(NC(=O)COCCOC)C(=O)NC(C)C(=O)NC(C)C(=O)NC(CC(N)=O)C(=O)Nc1ccc(COC(=O)NCCN2C(=O)C=CC2=O)cc1. The lowest BCUT2D eigenvalue weighted by Crippen LogP contribution is -2.57. The van der Waals surface area contributed by atoms with Crippen LogP contribution in [0.5, 0.6) is 0 Å². The summed E-state index contributed by atoms with van der Waals surface area (Å²) in [4.78, 5) is 125. The Morgan fingerprint density at radius 1 is 0.656 bits per heavy atom. The van der Waals surface area contributed by atoms with Gasteiger partial charge < -0.3 is 66.6 Å². The van der Waals surface area contributed by atoms with Crippen molar-refractivity contribution in [1.29, 1.82) is 0 Å². The number of methoxy groups -OCH3 is 2. The first-order valence-corrected chi connectivity index (χ1v) is 20.3. The third kappa shape index (κ3) is 21.5. The standard InChI is InChI=1S/C40H59N9O15/c1-25(45-38(57)29(47-33(52)24-63-20-18-61-4)7-5-6-14-42-32(51)23-62-19-17-60-3)36(55)44-26(2)37(56)48-30(21-31(41)50)39(58)46-28-10-8-27(9-11-28)22-64-40(59)43-15-16-49-34(53)12-13-35(49)54/h8-13,25-26,29-30H,5-7,14-24H2,1-4H3,(H2,41,50)(H,42,51)(H,43,59)(H,44,55)(H,45,57)(H,46,58)(H,47,52)(H,48,56). The molecular weight excluding hydrogens is 846 g/mol. The highest BCUT2D eigenvalue weighted by atomic mass is 16.5. The number of hydrogen-bond donors (Lipinski definition) is 8. The molecule has 1 aromatic rings. The van der Waals surface area contributed by atoms with Gasteiger partial charge in [0.25, 0.3) is 11.8 Å². The van der Waals surface area contributed by atoms with Gasteiger partial charge in [-0.15, -0.1) is 0 Å². The Balaban J connectivity index is 1.89. The van der Waals surface area contributed by atoms with Gasteiger partial charge >= 0.3 is 6.09 Å². The van der Waals surface area contributed by atoms with Gasteiger partial charge in [-0.05, 0) is 50.8 Å². The molecule has 0 radical (unpaired) electrons. The fraction of sp³-hybridized carbons (Fsp3) is 0.550. The van der Waals surface area contributed by atoms with E-state index >= 15 is 0 Å². The number of nitrogens with zero attached hydrogens (tertiary/aromatic N) is 1. The Kier molecular flexibility index (Phi) is 24.9. The highest BCUT2D eigenvalue weighted by molar-refractivity contribution is 6.12. The number of alkyl carbamates (subject to hydrolysis) is 1. The highest BCUT2D eigenvalue weighted by Gasteiger charge is 2.29. The van der Waals surface area contributed by atoms with Crippen molar-refractivity contribution in [2.45, 2.75) is 70.3 Å². The van der Waals surface area contributed by atoms with E-state index in [9.17, 15) is 47.9 Å². The number of unbranched alkanes of at least 4 members (excludes halogenated alkanes) is 1. The lowest BCUT2D eigenvalue weighted by atomic mass is 10.1. The van der Waals surface area contributed by atoms with Crippen molar-refractivity contribution in [3.05, 3.63) is 42.0 Å². The molecule has 1 aromatic carbocycles. The number of carbonyl (C=O) groups is 10. The summed E-state index contributed by atoms with van der Waals surface area (Å²) in [5.74, 6) is -5.96. The average molecular weight is 906 g/mol. The molecule has 24 nitrogen and oxygen atoms in total. The van der Waals surface area contributed by atoms with Gasteiger partial charge in [0, 0.05) is 51.7 Å². The van der Waals surface area contributed by atoms with Crippen LogP contribution in [0.4, 0.5) is 10.5 Å². The summed E-state index contributed by atoms with van der Waals surface area (Å²) in [5.41, 5.74) is 6.12. The maximum Gasteiger partial charge on any atom is 0.407 e. The van der Waals surface area contributed by atoms with Crippen molar-refractivity contribution in [3.63, 3.8) is 0 Å². The zero-order valence-corrected chi connectivity index (χ0v) is 36.3. The molecule has 64 heavy (non-hydrogen) atoms. The number of nitrogens with one attached hydrogen (secondary N) is 7. The maximum absolute atomic E-state index is 13.3. The fourth-order valence-corrected chi connectivity index (χ4v) is 5.40. The first-order chi connectivity index (χ1) is 30.5. The van der Waals surface area contributed by atoms with Gasteiger partial charge in [-0.25, -0.2) is 4.79 Å². The molecule has 4 atom stereocenters. The number of nitrogens with two attached hydrogens (primary N) is 1. The van der Waals surface area contributed by atoms with E-state index in [2.05, 4.69) is 37.2 Å². The molecule has 354 valence electrons. The van der Waals surface area contributed by atoms with Gasteiger partial charge in [-0.1, -0.05) is 12.1 Å². The van der Waals surface area contributed by atoms with Gasteiger partial charge in [0.15, 0.2) is 0 Å². The summed E-state index contributed by atoms with van der Waals surface area (Å²) >= 11 is 0. The first kappa shape index (κ1) is 53.6. The van der Waals surface area contributed by atoms with E-state index in [0.717, 1.165) is 17.1 Å². The molecule has 0 aliphatic carbocycles. The minimum absolute atomic E-state index is 0.0230. The smallest absolute Gasteiger partial charge is 0.407 e. The van der Waals surface area contributed by atoms with Gasteiger partial charge in [-0.2, -0.15) is 0 Å². The Hall–Kier alpha value is -6.50. The van der Waals surface area contributed by atoms with Gasteiger partial charge in [0.05, 0.1) is 32.8 Å². The molecule has 0 spiro atoms. The van der Waals surface area contributed by atoms with Crippen LogP contribution in [0.1, 0.15) is 45.1 Å². The van der Waals surface area contributed by atoms with Crippen LogP contribution in [0.15, 0.2) is 36.4 Å². The Labute approximate surface area is 369 Å². The molecule has 0 fully saturated rings. The van der Waals surface area contributed by atoms with E-state index in [-0.39, 0.29) is 77.3 Å². The summed E-state index contributed by atoms with van der Waals surface area (Å²) in [5, 5.41) is 17.6. The van der Waals surface area contributed by atoms with E-state index in [0.29, 0.717) is 25.0 Å². The number of rotatable bonds is 31. The van der Waals surface area contributed by atoms with E-state index in [4.69, 9.17) is 29.4 Å². The lowest BCUT2D eigenvalue weighted by molar-refractivity contribution is -0.137. The average Bonchev–Trinajstić information content (AvgIpc) is 3.57. The second kappa shape index (κ2) is 29.7. The summed E-state index contributed by atoms with van der Waals surface area (Å²) in [7, 11) is 2.98. The maximum atomic E-state index is 13.3. The van der Waals surface area contributed by atoms with Crippen molar-refractivity contribution in [2.75, 3.05) is 78.8 Å². The molecule has 1 heterocycles. The second-order valence-corrected chi connectivity index (χ2v) is 14.1. The summed E-state index contributed by atoms with van der Waals surface area (Å²) in [6.45, 7) is 3.22. The third-order valence-corrected chi connectivity index (χ3v) is 8.86. The zero-order chi connectivity index (χ0) is 47.4. The van der Waals surface area contributed by atoms with E-state index < -0.39 is 83.9 Å². The normalized spacial score (nSPS) is 13.8. The Morgan fingerprint density at radius 2 is 1.23 bits per heavy atom. The highest BCUT2D eigenvalue weighted by Crippen LogP contribution is 2.12. The fourth-order valence-electron chi connectivity index (χ4n) is 5.40. The van der Waals surface area contributed by atoms with Crippen LogP contribution < -0.4 is 43.0 Å². The Bertz CT molecular complexity index is 1780. The number of imide groups is 1. The summed E-state index contributed by atoms with van der Waals surface area (Å²) in [6.07, 6.45) is 1.85. The molecule has 1 aliphatic rings. The number of hydrogen-bond acceptors (Lipinski definition) is 15. The van der Waals surface area contributed by atoms with E-state index in [1.54, 1.807) is 0 Å². The molecule has 2 rings (SSSR count). The number of ether oxygens (including phenoxy) is 5. The lowest BCUT2D eigenvalue weighted by Gasteiger charge is -2.23. The number of primary amides is 1. The molecular formula is C40H59N9O15. The van der Waals surface area contributed by atoms with Crippen LogP contribution >= 0.6 is 0 Å². The molecule has 9 N–H and O–H groups in total. The predicted molar refractivity (Wildman–Crippen MR) is 224 cm³/mol. The molecule has 4 unspecified atom stereocenters. The van der Waals surface area contributed by atoms with Gasteiger partial charge in [0.1, 0.15) is 44.0 Å². The zero-order valence-electron chi connectivity index (χ0n) is 36.3. The van der Waals surface area contributed by atoms with E-state index in [1.165, 1.54) is 52.3 Å². The van der Waals surface area contributed by atoms with Crippen molar-refractivity contribution in [1.82, 2.24) is 36.8 Å². The van der Waals surface area contributed by atoms with Crippen LogP contribution in [-0.4, -0.2) is 162 Å². The largest absolute Gasteiger partial charge is 0.445 e. The molecule has 1 aliphatic heterocycles. The van der Waals surface area contributed by atoms with Crippen LogP contribution in [0.2, 0.25) is 0 Å². The molecule has 0 saturated carbocycles. The van der Waals surface area contributed by atoms with Crippen molar-refractivity contribution >= 4 is 64.9 Å². The van der Waals surface area contributed by atoms with Crippen molar-refractivity contribution in [2.24, 2.45) is 5.73 Å². The van der Waals surface area contributed by atoms with Crippen LogP contribution in [0.25, 0.3) is 0 Å². The number of anilines is 1. The van der Waals surface area contributed by atoms with Gasteiger partial charge in [-0.3, -0.25) is 48.1 Å². The van der Waals surface area contributed by atoms with Crippen molar-refractivity contribution < 1.29 is 71.6 Å². The quantitative estimate of drug-likeness (QED) is 0.0277. The molecule has 0 saturated heterocycles.